The van der Waals surface area contributed by atoms with E-state index in [4.69, 9.17) is 14.2 Å². The number of fused-ring (bicyclic) bond motifs is 1. The van der Waals surface area contributed by atoms with E-state index in [0.717, 1.165) is 54.3 Å². The summed E-state index contributed by atoms with van der Waals surface area (Å²) in [6.45, 7) is 5.92. The summed E-state index contributed by atoms with van der Waals surface area (Å²) in [6, 6.07) is 15.9. The number of aryl methyl sites for hydroxylation is 1. The second-order valence-corrected chi connectivity index (χ2v) is 8.04. The Balaban J connectivity index is 1.95. The van der Waals surface area contributed by atoms with Crippen molar-refractivity contribution >= 4 is 10.9 Å². The molecule has 0 atom stereocenters. The van der Waals surface area contributed by atoms with Crippen molar-refractivity contribution in [1.82, 2.24) is 4.57 Å². The van der Waals surface area contributed by atoms with E-state index < -0.39 is 0 Å². The molecule has 3 aromatic rings. The smallest absolute Gasteiger partial charge is 0.297 e. The molecule has 0 aliphatic carbocycles. The maximum Gasteiger partial charge on any atom is 0.297 e. The third kappa shape index (κ3) is 5.84. The molecule has 0 N–H and O–H groups in total. The zero-order valence-corrected chi connectivity index (χ0v) is 19.6. The summed E-state index contributed by atoms with van der Waals surface area (Å²) < 4.78 is 19.5. The normalized spacial score (nSPS) is 11.0. The van der Waals surface area contributed by atoms with Gasteiger partial charge < -0.3 is 18.8 Å². The lowest BCUT2D eigenvalue weighted by atomic mass is 10.1. The molecule has 0 bridgehead atoms. The first-order valence-electron chi connectivity index (χ1n) is 11.7. The van der Waals surface area contributed by atoms with Gasteiger partial charge in [0, 0.05) is 18.0 Å². The third-order valence-electron chi connectivity index (χ3n) is 5.58. The van der Waals surface area contributed by atoms with Crippen molar-refractivity contribution in [2.75, 3.05) is 13.7 Å². The van der Waals surface area contributed by atoms with E-state index >= 15 is 0 Å². The monoisotopic (exact) mass is 437 g/mol. The molecule has 0 spiro atoms. The lowest BCUT2D eigenvalue weighted by Gasteiger charge is -2.18. The van der Waals surface area contributed by atoms with E-state index in [1.54, 1.807) is 11.7 Å². The number of benzene rings is 2. The van der Waals surface area contributed by atoms with Crippen LogP contribution in [0.4, 0.5) is 0 Å². The van der Waals surface area contributed by atoms with Gasteiger partial charge in [0.15, 0.2) is 5.75 Å². The van der Waals surface area contributed by atoms with Crippen LogP contribution in [-0.2, 0) is 13.2 Å². The zero-order chi connectivity index (χ0) is 22.8. The van der Waals surface area contributed by atoms with Gasteiger partial charge in [-0.1, -0.05) is 69.9 Å². The Morgan fingerprint density at radius 1 is 0.844 bits per heavy atom. The highest BCUT2D eigenvalue weighted by molar-refractivity contribution is 5.89. The van der Waals surface area contributed by atoms with Crippen LogP contribution in [0.2, 0.25) is 0 Å². The quantitative estimate of drug-likeness (QED) is 0.292. The molecule has 3 rings (SSSR count). The van der Waals surface area contributed by atoms with Crippen LogP contribution in [0.15, 0.2) is 53.3 Å². The summed E-state index contributed by atoms with van der Waals surface area (Å²) in [5.74, 6) is 1.54. The first kappa shape index (κ1) is 23.7. The summed E-state index contributed by atoms with van der Waals surface area (Å²) in [6.07, 6.45) is 6.26. The van der Waals surface area contributed by atoms with Crippen LogP contribution in [0, 0.1) is 0 Å². The van der Waals surface area contributed by atoms with E-state index in [1.807, 2.05) is 48.5 Å². The molecule has 32 heavy (non-hydrogen) atoms. The first-order valence-corrected chi connectivity index (χ1v) is 11.7. The maximum absolute atomic E-state index is 13.4. The zero-order valence-electron chi connectivity index (χ0n) is 19.6. The summed E-state index contributed by atoms with van der Waals surface area (Å²) in [7, 11) is 1.59. The van der Waals surface area contributed by atoms with Crippen LogP contribution < -0.4 is 19.8 Å². The van der Waals surface area contributed by atoms with Crippen LogP contribution in [0.25, 0.3) is 10.9 Å². The largest absolute Gasteiger partial charge is 0.492 e. The molecule has 0 amide bonds. The Morgan fingerprint density at radius 3 is 2.34 bits per heavy atom. The fourth-order valence-electron chi connectivity index (χ4n) is 3.78. The van der Waals surface area contributed by atoms with Crippen molar-refractivity contribution in [3.8, 4) is 17.2 Å². The van der Waals surface area contributed by atoms with Gasteiger partial charge in [-0.25, -0.2) is 0 Å². The van der Waals surface area contributed by atoms with Gasteiger partial charge in [0.2, 0.25) is 5.75 Å². The molecule has 0 saturated heterocycles. The van der Waals surface area contributed by atoms with E-state index in [-0.39, 0.29) is 5.56 Å². The van der Waals surface area contributed by atoms with Crippen molar-refractivity contribution in [3.05, 3.63) is 64.4 Å². The highest BCUT2D eigenvalue weighted by Gasteiger charge is 2.19. The molecule has 2 aromatic carbocycles. The van der Waals surface area contributed by atoms with Crippen molar-refractivity contribution < 1.29 is 14.2 Å². The molecule has 0 aliphatic heterocycles. The van der Waals surface area contributed by atoms with Crippen LogP contribution in [0.1, 0.15) is 57.9 Å². The topological polar surface area (TPSA) is 49.7 Å². The lowest BCUT2D eigenvalue weighted by molar-refractivity contribution is 0.280. The van der Waals surface area contributed by atoms with Gasteiger partial charge >= 0.3 is 0 Å². The average molecular weight is 438 g/mol. The fourth-order valence-corrected chi connectivity index (χ4v) is 3.78. The van der Waals surface area contributed by atoms with E-state index in [1.165, 1.54) is 6.42 Å². The molecule has 0 radical (unpaired) electrons. The van der Waals surface area contributed by atoms with Crippen LogP contribution >= 0.6 is 0 Å². The standard InChI is InChI=1S/C27H35NO4/c1-4-6-8-12-18-31-26-25(30-3)23-16-15-22(32-20-21-13-10-9-11-14-21)19-24(23)28(27(26)29)17-7-5-2/h9-11,13-16,19H,4-8,12,17-18,20H2,1-3H3. The minimum absolute atomic E-state index is 0.140. The first-order chi connectivity index (χ1) is 15.7. The molecule has 0 aliphatic rings. The molecule has 0 saturated carbocycles. The van der Waals surface area contributed by atoms with Gasteiger partial charge in [-0.05, 0) is 30.5 Å². The molecule has 1 aromatic heterocycles. The number of methoxy groups -OCH3 is 1. The van der Waals surface area contributed by atoms with E-state index in [2.05, 4.69) is 13.8 Å². The second kappa shape index (κ2) is 12.2. The average Bonchev–Trinajstić information content (AvgIpc) is 2.83. The van der Waals surface area contributed by atoms with Crippen LogP contribution in [-0.4, -0.2) is 18.3 Å². The number of ether oxygens (including phenoxy) is 3. The number of aromatic nitrogens is 1. The van der Waals surface area contributed by atoms with Crippen LogP contribution in [0.3, 0.4) is 0 Å². The SMILES string of the molecule is CCCCCCOc1c(OC)c2ccc(OCc3ccccc3)cc2n(CCCC)c1=O. The van der Waals surface area contributed by atoms with Gasteiger partial charge in [0.1, 0.15) is 12.4 Å². The maximum atomic E-state index is 13.4. The molecule has 172 valence electrons. The highest BCUT2D eigenvalue weighted by atomic mass is 16.5. The number of rotatable bonds is 13. The molecular weight excluding hydrogens is 402 g/mol. The number of unbranched alkanes of at least 4 members (excludes halogenated alkanes) is 4. The minimum atomic E-state index is -0.140. The molecule has 5 heteroatoms. The highest BCUT2D eigenvalue weighted by Crippen LogP contribution is 2.35. The Labute approximate surface area is 190 Å². The third-order valence-corrected chi connectivity index (χ3v) is 5.58. The predicted octanol–water partition coefficient (Wildman–Crippen LogP) is 6.35. The van der Waals surface area contributed by atoms with Crippen molar-refractivity contribution in [2.45, 2.75) is 65.5 Å². The van der Waals surface area contributed by atoms with E-state index in [9.17, 15) is 4.79 Å². The van der Waals surface area contributed by atoms with Crippen molar-refractivity contribution in [2.24, 2.45) is 0 Å². The van der Waals surface area contributed by atoms with Gasteiger partial charge in [-0.15, -0.1) is 0 Å². The van der Waals surface area contributed by atoms with Crippen molar-refractivity contribution in [3.63, 3.8) is 0 Å². The number of hydrogen-bond donors (Lipinski definition) is 0. The fraction of sp³-hybridized carbons (Fsp3) is 0.444. The Hall–Kier alpha value is -2.95. The van der Waals surface area contributed by atoms with Gasteiger partial charge in [-0.3, -0.25) is 4.79 Å². The summed E-state index contributed by atoms with van der Waals surface area (Å²) in [4.78, 5) is 13.4. The molecule has 0 fully saturated rings. The second-order valence-electron chi connectivity index (χ2n) is 8.04. The summed E-state index contributed by atoms with van der Waals surface area (Å²) in [5, 5.41) is 0.860. The molecule has 5 nitrogen and oxygen atoms in total. The molecule has 0 unspecified atom stereocenters. The molecule has 1 heterocycles. The summed E-state index contributed by atoms with van der Waals surface area (Å²) >= 11 is 0. The summed E-state index contributed by atoms with van der Waals surface area (Å²) in [5.41, 5.74) is 1.77. The number of pyridine rings is 1. The lowest BCUT2D eigenvalue weighted by Crippen LogP contribution is -2.24. The Bertz CT molecular complexity index is 1040. The van der Waals surface area contributed by atoms with E-state index in [0.29, 0.717) is 31.3 Å². The Morgan fingerprint density at radius 2 is 1.62 bits per heavy atom. The van der Waals surface area contributed by atoms with Gasteiger partial charge in [-0.2, -0.15) is 0 Å². The Kier molecular flexibility index (Phi) is 9.02. The minimum Gasteiger partial charge on any atom is -0.492 e. The van der Waals surface area contributed by atoms with Crippen LogP contribution in [0.5, 0.6) is 17.2 Å². The number of hydrogen-bond acceptors (Lipinski definition) is 4. The number of nitrogens with zero attached hydrogens (tertiary/aromatic N) is 1. The van der Waals surface area contributed by atoms with Gasteiger partial charge in [0.05, 0.1) is 19.2 Å². The predicted molar refractivity (Wildman–Crippen MR) is 130 cm³/mol. The van der Waals surface area contributed by atoms with Gasteiger partial charge in [0.25, 0.3) is 5.56 Å². The van der Waals surface area contributed by atoms with Crippen molar-refractivity contribution in [1.29, 1.82) is 0 Å². The molecular formula is C27H35NO4.